The number of allylic oxidation sites excluding steroid dienone is 4. The van der Waals surface area contributed by atoms with Crippen LogP contribution in [0.3, 0.4) is 0 Å². The van der Waals surface area contributed by atoms with Crippen LogP contribution in [0.4, 0.5) is 0 Å². The minimum absolute atomic E-state index is 0.0408. The van der Waals surface area contributed by atoms with Crippen LogP contribution in [0, 0.1) is 12.5 Å². The summed E-state index contributed by atoms with van der Waals surface area (Å²) in [6.45, 7) is 1.84. The van der Waals surface area contributed by atoms with Crippen LogP contribution in [-0.4, -0.2) is 44.8 Å². The Labute approximate surface area is 191 Å². The van der Waals surface area contributed by atoms with Crippen molar-refractivity contribution < 1.29 is 4.74 Å². The van der Waals surface area contributed by atoms with Crippen LogP contribution in [0.25, 0.3) is 22.3 Å². The summed E-state index contributed by atoms with van der Waals surface area (Å²) in [6.07, 6.45) is 12.7. The topological polar surface area (TPSA) is 89.9 Å². The molecule has 3 heterocycles. The number of ether oxygens (including phenoxy) is 1. The van der Waals surface area contributed by atoms with E-state index in [9.17, 15) is 4.79 Å². The average molecular weight is 444 g/mol. The Balaban J connectivity index is 1.52. The van der Waals surface area contributed by atoms with Crippen molar-refractivity contribution in [2.45, 2.75) is 38.3 Å². The summed E-state index contributed by atoms with van der Waals surface area (Å²) >= 11 is 0. The third-order valence-electron chi connectivity index (χ3n) is 6.20. The third kappa shape index (κ3) is 4.05. The molecule has 0 amide bonds. The summed E-state index contributed by atoms with van der Waals surface area (Å²) in [5.41, 5.74) is 4.10. The van der Waals surface area contributed by atoms with E-state index in [2.05, 4.69) is 22.5 Å². The summed E-state index contributed by atoms with van der Waals surface area (Å²) in [5.74, 6) is 0. The monoisotopic (exact) mass is 443 g/mol. The highest BCUT2D eigenvalue weighted by Crippen LogP contribution is 2.29. The second-order valence-electron chi connectivity index (χ2n) is 8.32. The number of hydrogen-bond acceptors (Lipinski definition) is 6. The van der Waals surface area contributed by atoms with Gasteiger partial charge in [-0.1, -0.05) is 41.0 Å². The lowest BCUT2D eigenvalue weighted by Gasteiger charge is -2.21. The Hall–Kier alpha value is -3.77. The molecule has 0 radical (unpaired) electrons. The van der Waals surface area contributed by atoms with Crippen molar-refractivity contribution in [1.82, 2.24) is 24.6 Å². The summed E-state index contributed by atoms with van der Waals surface area (Å²) in [5, 5.41) is 19.6. The van der Waals surface area contributed by atoms with Crippen LogP contribution in [0.5, 0.6) is 0 Å². The van der Waals surface area contributed by atoms with Crippen molar-refractivity contribution in [2.24, 2.45) is 10.3 Å². The fraction of sp³-hybridized carbons (Fsp3) is 0.375. The molecule has 3 aliphatic heterocycles. The zero-order valence-electron chi connectivity index (χ0n) is 18.5. The van der Waals surface area contributed by atoms with Gasteiger partial charge in [-0.15, -0.1) is 0 Å². The van der Waals surface area contributed by atoms with Crippen molar-refractivity contribution in [2.75, 3.05) is 20.3 Å². The predicted molar refractivity (Wildman–Crippen MR) is 124 cm³/mol. The zero-order chi connectivity index (χ0) is 22.8. The lowest BCUT2D eigenvalue weighted by molar-refractivity contribution is 0.0540. The highest BCUT2D eigenvalue weighted by molar-refractivity contribution is 5.92. The first kappa shape index (κ1) is 21.1. The van der Waals surface area contributed by atoms with Gasteiger partial charge in [0.05, 0.1) is 30.8 Å². The van der Waals surface area contributed by atoms with Crippen molar-refractivity contribution in [1.29, 1.82) is 0 Å². The van der Waals surface area contributed by atoms with Crippen LogP contribution >= 0.6 is 0 Å². The minimum atomic E-state index is -0.152. The Morgan fingerprint density at radius 1 is 1.24 bits per heavy atom. The molecule has 0 saturated carbocycles. The molecule has 0 spiro atoms. The molecule has 5 rings (SSSR count). The molecule has 168 valence electrons. The molecule has 0 N–H and O–H groups in total. The van der Waals surface area contributed by atoms with E-state index in [-0.39, 0.29) is 11.6 Å². The van der Waals surface area contributed by atoms with Crippen molar-refractivity contribution in [3.63, 3.8) is 0 Å². The maximum atomic E-state index is 13.2. The summed E-state index contributed by atoms with van der Waals surface area (Å²) in [7, 11) is 1.83. The first-order valence-corrected chi connectivity index (χ1v) is 11.1. The van der Waals surface area contributed by atoms with Gasteiger partial charge in [0.25, 0.3) is 5.56 Å². The molecule has 9 nitrogen and oxygen atoms in total. The molecule has 1 aromatic rings. The molecule has 0 bridgehead atoms. The molecule has 1 atom stereocenters. The maximum absolute atomic E-state index is 13.2. The molecule has 1 aromatic carbocycles. The van der Waals surface area contributed by atoms with Gasteiger partial charge in [0.2, 0.25) is 0 Å². The van der Waals surface area contributed by atoms with Crippen LogP contribution < -0.4 is 5.56 Å². The van der Waals surface area contributed by atoms with Gasteiger partial charge >= 0.3 is 0 Å². The number of para-hydroxylation sites is 1. The normalized spacial score (nSPS) is 19.0. The fourth-order valence-corrected chi connectivity index (χ4v) is 4.45. The van der Waals surface area contributed by atoms with E-state index < -0.39 is 0 Å². The molecule has 0 aromatic heterocycles. The van der Waals surface area contributed by atoms with Crippen LogP contribution in [0.1, 0.15) is 31.7 Å². The van der Waals surface area contributed by atoms with Crippen molar-refractivity contribution >= 4 is 10.9 Å². The van der Waals surface area contributed by atoms with E-state index in [1.165, 1.54) is 5.57 Å². The van der Waals surface area contributed by atoms with E-state index in [0.717, 1.165) is 48.9 Å². The quantitative estimate of drug-likeness (QED) is 0.342. The summed E-state index contributed by atoms with van der Waals surface area (Å²) in [4.78, 5) is 13.2. The van der Waals surface area contributed by atoms with Gasteiger partial charge in [-0.3, -0.25) is 14.5 Å². The van der Waals surface area contributed by atoms with Crippen LogP contribution in [0.15, 0.2) is 62.8 Å². The molecule has 1 unspecified atom stereocenters. The number of benzene rings is 1. The summed E-state index contributed by atoms with van der Waals surface area (Å²) in [6, 6.07) is 10.1. The van der Waals surface area contributed by atoms with Gasteiger partial charge in [-0.05, 0) is 43.4 Å². The molecule has 9 heteroatoms. The number of fused-ring (bicyclic) bond motifs is 3. The Kier molecular flexibility index (Phi) is 5.75. The van der Waals surface area contributed by atoms with Gasteiger partial charge in [0, 0.05) is 24.7 Å². The Morgan fingerprint density at radius 2 is 2.12 bits per heavy atom. The fourth-order valence-electron chi connectivity index (χ4n) is 4.45. The van der Waals surface area contributed by atoms with Gasteiger partial charge in [0.15, 0.2) is 5.69 Å². The Morgan fingerprint density at radius 3 is 2.88 bits per heavy atom. The van der Waals surface area contributed by atoms with Crippen LogP contribution in [-0.2, 0) is 11.3 Å². The second-order valence-corrected chi connectivity index (χ2v) is 8.32. The minimum Gasteiger partial charge on any atom is -0.379 e. The first-order chi connectivity index (χ1) is 16.2. The molecule has 1 fully saturated rings. The smallest absolute Gasteiger partial charge is 0.297 e. The number of hydrogen-bond donors (Lipinski definition) is 0. The van der Waals surface area contributed by atoms with Crippen molar-refractivity contribution in [3.8, 4) is 23.9 Å². The number of aromatic nitrogens is 4. The second kappa shape index (κ2) is 9.00. The van der Waals surface area contributed by atoms with Crippen molar-refractivity contribution in [3.05, 3.63) is 58.0 Å². The Bertz CT molecular complexity index is 1330. The van der Waals surface area contributed by atoms with Gasteiger partial charge in [0.1, 0.15) is 5.69 Å². The van der Waals surface area contributed by atoms with E-state index in [1.54, 1.807) is 9.69 Å². The third-order valence-corrected chi connectivity index (χ3v) is 6.20. The molecule has 1 saturated heterocycles. The lowest BCUT2D eigenvalue weighted by atomic mass is 10.0. The molecule has 1 aliphatic carbocycles. The molecular weight excluding hydrogens is 418 g/mol. The van der Waals surface area contributed by atoms with E-state index in [0.29, 0.717) is 24.5 Å². The maximum Gasteiger partial charge on any atom is 0.297 e. The van der Waals surface area contributed by atoms with E-state index in [4.69, 9.17) is 21.4 Å². The largest absolute Gasteiger partial charge is 0.379 e. The summed E-state index contributed by atoms with van der Waals surface area (Å²) < 4.78 is 9.07. The average Bonchev–Trinajstić information content (AvgIpc) is 3.20. The highest BCUT2D eigenvalue weighted by Gasteiger charge is 2.27. The lowest BCUT2D eigenvalue weighted by Crippen LogP contribution is -2.29. The number of rotatable bonds is 5. The standard InChI is InChI=1S/C24H25N7O2/c1-3-25-28-29(2)18-12-10-17(11-13-18)15-30-21-9-5-4-8-20(21)22-23(26-30)24(32)31(27-22)19-7-6-14-33-16-19/h1,4-5,8-10,12,19H,6-7,11,13-16H2,2H3. The van der Waals surface area contributed by atoms with Gasteiger partial charge in [-0.25, -0.2) is 4.68 Å². The molecule has 33 heavy (non-hydrogen) atoms. The highest BCUT2D eigenvalue weighted by atomic mass is 16.5. The predicted octanol–water partition coefficient (Wildman–Crippen LogP) is 3.54. The van der Waals surface area contributed by atoms with E-state index >= 15 is 0 Å². The zero-order valence-corrected chi connectivity index (χ0v) is 18.5. The number of terminal acetylenes is 1. The first-order valence-electron chi connectivity index (χ1n) is 11.1. The number of nitrogens with zero attached hydrogens (tertiary/aromatic N) is 7. The van der Waals surface area contributed by atoms with Gasteiger partial charge < -0.3 is 4.74 Å². The molecular formula is C24H25N7O2. The van der Waals surface area contributed by atoms with Crippen LogP contribution in [0.2, 0.25) is 0 Å². The van der Waals surface area contributed by atoms with E-state index in [1.807, 2.05) is 42.1 Å². The SMILES string of the molecule is C#CN=NN(C)C1=CC=C(Cn2nc3c(=O)n(C4CCCOC4)nc-3c3ccccc32)CC1. The molecule has 4 aliphatic rings. The van der Waals surface area contributed by atoms with Gasteiger partial charge in [-0.2, -0.15) is 10.2 Å².